The van der Waals surface area contributed by atoms with Crippen LogP contribution in [-0.4, -0.2) is 21.2 Å². The minimum absolute atomic E-state index is 0.0643. The molecule has 0 saturated heterocycles. The van der Waals surface area contributed by atoms with Crippen molar-refractivity contribution in [2.24, 2.45) is 5.10 Å². The van der Waals surface area contributed by atoms with Crippen LogP contribution >= 0.6 is 15.9 Å². The fourth-order valence-electron chi connectivity index (χ4n) is 1.76. The number of benzene rings is 2. The summed E-state index contributed by atoms with van der Waals surface area (Å²) in [5.41, 5.74) is 0.688. The number of hydrogen-bond donors (Lipinski definition) is 1. The second-order valence-corrected chi connectivity index (χ2v) is 7.36. The van der Waals surface area contributed by atoms with Crippen molar-refractivity contribution in [1.29, 1.82) is 0 Å². The average molecular weight is 415 g/mol. The highest BCUT2D eigenvalue weighted by atomic mass is 79.9. The molecule has 0 heterocycles. The Morgan fingerprint density at radius 1 is 1.25 bits per heavy atom. The van der Waals surface area contributed by atoms with Crippen LogP contribution in [0.25, 0.3) is 0 Å². The van der Waals surface area contributed by atoms with Crippen LogP contribution in [0.3, 0.4) is 0 Å². The molecule has 1 N–H and O–H groups in total. The Kier molecular flexibility index (Phi) is 6.33. The van der Waals surface area contributed by atoms with Crippen LogP contribution in [-0.2, 0) is 10.0 Å². The molecule has 2 aromatic carbocycles. The monoisotopic (exact) mass is 414 g/mol. The molecule has 0 saturated carbocycles. The van der Waals surface area contributed by atoms with Crippen molar-refractivity contribution in [1.82, 2.24) is 4.83 Å². The number of rotatable bonds is 7. The van der Waals surface area contributed by atoms with Gasteiger partial charge >= 0.3 is 0 Å². The van der Waals surface area contributed by atoms with Crippen LogP contribution < -0.4 is 9.57 Å². The maximum Gasteiger partial charge on any atom is 0.276 e. The van der Waals surface area contributed by atoms with E-state index in [0.717, 1.165) is 23.0 Å². The number of hydrogen-bond acceptors (Lipinski definition) is 4. The first-order valence-corrected chi connectivity index (χ1v) is 9.43. The molecule has 0 bridgehead atoms. The van der Waals surface area contributed by atoms with E-state index in [0.29, 0.717) is 17.9 Å². The Hall–Kier alpha value is -1.93. The van der Waals surface area contributed by atoms with Crippen LogP contribution in [0, 0.1) is 5.82 Å². The lowest BCUT2D eigenvalue weighted by Gasteiger charge is -2.07. The van der Waals surface area contributed by atoms with Gasteiger partial charge in [-0.15, -0.1) is 0 Å². The van der Waals surface area contributed by atoms with Gasteiger partial charge in [0.05, 0.1) is 22.2 Å². The minimum Gasteiger partial charge on any atom is -0.492 e. The van der Waals surface area contributed by atoms with Gasteiger partial charge in [-0.05, 0) is 70.4 Å². The minimum atomic E-state index is -3.83. The number of sulfonamides is 1. The molecule has 0 aliphatic carbocycles. The van der Waals surface area contributed by atoms with Crippen LogP contribution in [0.5, 0.6) is 5.75 Å². The van der Waals surface area contributed by atoms with Gasteiger partial charge in [-0.3, -0.25) is 0 Å². The van der Waals surface area contributed by atoms with Gasteiger partial charge in [0.2, 0.25) is 0 Å². The predicted octanol–water partition coefficient (Wildman–Crippen LogP) is 3.69. The van der Waals surface area contributed by atoms with Gasteiger partial charge in [0.15, 0.2) is 0 Å². The number of hydrazone groups is 1. The molecule has 0 unspecified atom stereocenters. The van der Waals surface area contributed by atoms with Crippen molar-refractivity contribution < 1.29 is 17.5 Å². The van der Waals surface area contributed by atoms with Crippen molar-refractivity contribution in [3.8, 4) is 5.75 Å². The van der Waals surface area contributed by atoms with E-state index in [4.69, 9.17) is 4.74 Å². The third kappa shape index (κ3) is 5.04. The summed E-state index contributed by atoms with van der Waals surface area (Å²) in [6.45, 7) is 2.63. The van der Waals surface area contributed by atoms with Gasteiger partial charge in [-0.25, -0.2) is 9.22 Å². The molecule has 5 nitrogen and oxygen atoms in total. The van der Waals surface area contributed by atoms with Crippen molar-refractivity contribution in [3.05, 3.63) is 58.3 Å². The van der Waals surface area contributed by atoms with E-state index in [1.165, 1.54) is 18.3 Å². The van der Waals surface area contributed by atoms with E-state index in [-0.39, 0.29) is 4.90 Å². The molecule has 0 radical (unpaired) electrons. The largest absolute Gasteiger partial charge is 0.492 e. The molecule has 0 atom stereocenters. The number of nitrogens with one attached hydrogen (secondary N) is 1. The normalized spacial score (nSPS) is 11.6. The number of halogens is 2. The summed E-state index contributed by atoms with van der Waals surface area (Å²) in [5.74, 6) is 0.202. The zero-order chi connectivity index (χ0) is 17.6. The van der Waals surface area contributed by atoms with Crippen LogP contribution in [0.1, 0.15) is 18.9 Å². The standard InChI is InChI=1S/C16H16BrFN2O3S/c1-2-9-23-16-8-3-12(10-15(16)17)11-19-20-24(21,22)14-6-4-13(18)5-7-14/h3-8,10-11,20H,2,9H2,1H3/b19-11+. The molecule has 128 valence electrons. The van der Waals surface area contributed by atoms with Crippen LogP contribution in [0.2, 0.25) is 0 Å². The molecule has 0 spiro atoms. The lowest BCUT2D eigenvalue weighted by atomic mass is 10.2. The maximum atomic E-state index is 12.8. The highest BCUT2D eigenvalue weighted by molar-refractivity contribution is 9.10. The predicted molar refractivity (Wildman–Crippen MR) is 94.2 cm³/mol. The molecule has 2 rings (SSSR count). The smallest absolute Gasteiger partial charge is 0.276 e. The summed E-state index contributed by atoms with van der Waals surface area (Å²) in [6.07, 6.45) is 2.27. The van der Waals surface area contributed by atoms with Gasteiger partial charge in [-0.1, -0.05) is 6.92 Å². The van der Waals surface area contributed by atoms with Crippen molar-refractivity contribution in [2.45, 2.75) is 18.2 Å². The Labute approximate surface area is 148 Å². The zero-order valence-electron chi connectivity index (χ0n) is 12.9. The van der Waals surface area contributed by atoms with Crippen LogP contribution in [0.15, 0.2) is 56.9 Å². The van der Waals surface area contributed by atoms with E-state index in [1.807, 2.05) is 6.92 Å². The Balaban J connectivity index is 2.05. The first-order valence-electron chi connectivity index (χ1n) is 7.15. The van der Waals surface area contributed by atoms with E-state index >= 15 is 0 Å². The third-order valence-corrected chi connectivity index (χ3v) is 4.79. The SMILES string of the molecule is CCCOc1ccc(/C=N/NS(=O)(=O)c2ccc(F)cc2)cc1Br. The first-order chi connectivity index (χ1) is 11.4. The summed E-state index contributed by atoms with van der Waals surface area (Å²) in [7, 11) is -3.83. The van der Waals surface area contributed by atoms with E-state index in [1.54, 1.807) is 18.2 Å². The lowest BCUT2D eigenvalue weighted by molar-refractivity contribution is 0.315. The zero-order valence-corrected chi connectivity index (χ0v) is 15.3. The Morgan fingerprint density at radius 2 is 1.96 bits per heavy atom. The average Bonchev–Trinajstić information content (AvgIpc) is 2.54. The topological polar surface area (TPSA) is 67.8 Å². The number of ether oxygens (including phenoxy) is 1. The maximum absolute atomic E-state index is 12.8. The molecule has 0 aromatic heterocycles. The van der Waals surface area contributed by atoms with Crippen molar-refractivity contribution in [2.75, 3.05) is 6.61 Å². The van der Waals surface area contributed by atoms with E-state index in [9.17, 15) is 12.8 Å². The summed E-state index contributed by atoms with van der Waals surface area (Å²) < 4.78 is 43.1. The van der Waals surface area contributed by atoms with Gasteiger partial charge in [-0.2, -0.15) is 13.5 Å². The molecule has 0 aliphatic rings. The molecule has 0 amide bonds. The second kappa shape index (κ2) is 8.25. The highest BCUT2D eigenvalue weighted by Crippen LogP contribution is 2.25. The Bertz CT molecular complexity index is 824. The van der Waals surface area contributed by atoms with Gasteiger partial charge in [0, 0.05) is 0 Å². The molecule has 0 fully saturated rings. The lowest BCUT2D eigenvalue weighted by Crippen LogP contribution is -2.18. The molecule has 8 heteroatoms. The van der Waals surface area contributed by atoms with Gasteiger partial charge in [0.1, 0.15) is 11.6 Å². The molecular weight excluding hydrogens is 399 g/mol. The van der Waals surface area contributed by atoms with Gasteiger partial charge < -0.3 is 4.74 Å². The first kappa shape index (κ1) is 18.4. The van der Waals surface area contributed by atoms with Crippen molar-refractivity contribution in [3.63, 3.8) is 0 Å². The van der Waals surface area contributed by atoms with E-state index < -0.39 is 15.8 Å². The summed E-state index contributed by atoms with van der Waals surface area (Å²) in [6, 6.07) is 9.78. The van der Waals surface area contributed by atoms with Gasteiger partial charge in [0.25, 0.3) is 10.0 Å². The fourth-order valence-corrected chi connectivity index (χ4v) is 3.07. The molecule has 24 heavy (non-hydrogen) atoms. The molecule has 0 aliphatic heterocycles. The highest BCUT2D eigenvalue weighted by Gasteiger charge is 2.12. The van der Waals surface area contributed by atoms with Crippen LogP contribution in [0.4, 0.5) is 4.39 Å². The fraction of sp³-hybridized carbons (Fsp3) is 0.188. The van der Waals surface area contributed by atoms with Crippen molar-refractivity contribution >= 4 is 32.2 Å². The summed E-state index contributed by atoms with van der Waals surface area (Å²) >= 11 is 3.39. The summed E-state index contributed by atoms with van der Waals surface area (Å²) in [5, 5.41) is 3.73. The molecular formula is C16H16BrFN2O3S. The number of nitrogens with zero attached hydrogens (tertiary/aromatic N) is 1. The quantitative estimate of drug-likeness (QED) is 0.554. The Morgan fingerprint density at radius 3 is 2.58 bits per heavy atom. The van der Waals surface area contributed by atoms with E-state index in [2.05, 4.69) is 25.9 Å². The molecule has 2 aromatic rings. The second-order valence-electron chi connectivity index (χ2n) is 4.85. The third-order valence-electron chi connectivity index (χ3n) is 2.93. The summed E-state index contributed by atoms with van der Waals surface area (Å²) in [4.78, 5) is 2.02.